The average Bonchev–Trinajstić information content (AvgIpc) is 2.98. The number of anilines is 1. The van der Waals surface area contributed by atoms with Gasteiger partial charge in [-0.1, -0.05) is 48.5 Å². The maximum Gasteiger partial charge on any atom is 0.295 e. The number of ether oxygens (including phenoxy) is 1. The third kappa shape index (κ3) is 3.63. The summed E-state index contributed by atoms with van der Waals surface area (Å²) in [6.07, 6.45) is 0. The molecule has 0 aliphatic heterocycles. The van der Waals surface area contributed by atoms with Gasteiger partial charge < -0.3 is 10.1 Å². The lowest BCUT2D eigenvalue weighted by Crippen LogP contribution is -2.23. The average molecular weight is 399 g/mol. The summed E-state index contributed by atoms with van der Waals surface area (Å²) in [7, 11) is 1.78. The Morgan fingerprint density at radius 1 is 0.867 bits per heavy atom. The number of nitrogens with one attached hydrogen (secondary N) is 1. The first kappa shape index (κ1) is 19.3. The van der Waals surface area contributed by atoms with E-state index < -0.39 is 5.91 Å². The summed E-state index contributed by atoms with van der Waals surface area (Å²) >= 11 is 0. The van der Waals surface area contributed by atoms with Crippen LogP contribution in [-0.2, 0) is 7.05 Å². The molecule has 6 nitrogen and oxygen atoms in total. The standard InChI is InChI=1S/C24H21N3O3/c1-17-22(24(29)27(26(17)2)18-11-5-3-6-12-18)25-23(28)20-15-9-10-16-21(20)30-19-13-7-4-8-14-19/h3-16H,1-2H3,(H,25,28). The van der Waals surface area contributed by atoms with Crippen molar-refractivity contribution in [2.24, 2.45) is 7.05 Å². The second kappa shape index (κ2) is 8.13. The highest BCUT2D eigenvalue weighted by atomic mass is 16.5. The van der Waals surface area contributed by atoms with Crippen LogP contribution in [0.25, 0.3) is 5.69 Å². The predicted molar refractivity (Wildman–Crippen MR) is 117 cm³/mol. The summed E-state index contributed by atoms with van der Waals surface area (Å²) in [5.74, 6) is 0.630. The fraction of sp³-hybridized carbons (Fsp3) is 0.0833. The highest BCUT2D eigenvalue weighted by molar-refractivity contribution is 6.06. The van der Waals surface area contributed by atoms with Gasteiger partial charge in [0.25, 0.3) is 11.5 Å². The molecule has 30 heavy (non-hydrogen) atoms. The fourth-order valence-corrected chi connectivity index (χ4v) is 3.25. The largest absolute Gasteiger partial charge is 0.457 e. The van der Waals surface area contributed by atoms with E-state index in [0.29, 0.717) is 22.8 Å². The first-order valence-electron chi connectivity index (χ1n) is 9.53. The minimum Gasteiger partial charge on any atom is -0.457 e. The van der Waals surface area contributed by atoms with Gasteiger partial charge in [0.05, 0.1) is 16.9 Å². The Hall–Kier alpha value is -4.06. The smallest absolute Gasteiger partial charge is 0.295 e. The highest BCUT2D eigenvalue weighted by Crippen LogP contribution is 2.26. The lowest BCUT2D eigenvalue weighted by atomic mass is 10.2. The molecule has 0 bridgehead atoms. The summed E-state index contributed by atoms with van der Waals surface area (Å²) in [6.45, 7) is 1.79. The molecule has 6 heteroatoms. The Bertz CT molecular complexity index is 1240. The van der Waals surface area contributed by atoms with E-state index in [0.717, 1.165) is 5.69 Å². The van der Waals surface area contributed by atoms with Crippen molar-refractivity contribution in [1.82, 2.24) is 9.36 Å². The molecule has 0 radical (unpaired) electrons. The quantitative estimate of drug-likeness (QED) is 0.536. The van der Waals surface area contributed by atoms with Gasteiger partial charge in [-0.3, -0.25) is 14.3 Å². The molecule has 1 heterocycles. The Balaban J connectivity index is 1.67. The number of nitrogens with zero attached hydrogens (tertiary/aromatic N) is 2. The van der Waals surface area contributed by atoms with Gasteiger partial charge in [-0.05, 0) is 43.3 Å². The zero-order valence-corrected chi connectivity index (χ0v) is 16.7. The lowest BCUT2D eigenvalue weighted by molar-refractivity contribution is 0.102. The van der Waals surface area contributed by atoms with Crippen LogP contribution in [-0.4, -0.2) is 15.3 Å². The zero-order chi connectivity index (χ0) is 21.1. The third-order valence-corrected chi connectivity index (χ3v) is 4.90. The van der Waals surface area contributed by atoms with Crippen molar-refractivity contribution in [3.05, 3.63) is 107 Å². The molecule has 0 aliphatic carbocycles. The molecule has 0 saturated carbocycles. The van der Waals surface area contributed by atoms with Crippen LogP contribution in [0, 0.1) is 6.92 Å². The van der Waals surface area contributed by atoms with Crippen LogP contribution in [0.5, 0.6) is 11.5 Å². The topological polar surface area (TPSA) is 65.3 Å². The van der Waals surface area contributed by atoms with Crippen molar-refractivity contribution in [3.8, 4) is 17.2 Å². The zero-order valence-electron chi connectivity index (χ0n) is 16.7. The van der Waals surface area contributed by atoms with Crippen LogP contribution in [0.1, 0.15) is 16.1 Å². The van der Waals surface area contributed by atoms with Crippen molar-refractivity contribution in [2.75, 3.05) is 5.32 Å². The molecular weight excluding hydrogens is 378 g/mol. The normalized spacial score (nSPS) is 10.6. The molecule has 0 fully saturated rings. The second-order valence-electron chi connectivity index (χ2n) is 6.80. The number of carbonyl (C=O) groups is 1. The van der Waals surface area contributed by atoms with Crippen LogP contribution in [0.3, 0.4) is 0 Å². The van der Waals surface area contributed by atoms with Gasteiger partial charge in [0.1, 0.15) is 17.2 Å². The Morgan fingerprint density at radius 3 is 2.17 bits per heavy atom. The van der Waals surface area contributed by atoms with E-state index >= 15 is 0 Å². The molecular formula is C24H21N3O3. The molecule has 1 aromatic heterocycles. The van der Waals surface area contributed by atoms with Crippen molar-refractivity contribution in [2.45, 2.75) is 6.92 Å². The van der Waals surface area contributed by atoms with Crippen molar-refractivity contribution < 1.29 is 9.53 Å². The number of amides is 1. The summed E-state index contributed by atoms with van der Waals surface area (Å²) in [5.41, 5.74) is 1.66. The van der Waals surface area contributed by atoms with E-state index in [1.807, 2.05) is 60.7 Å². The summed E-state index contributed by atoms with van der Waals surface area (Å²) in [6, 6.07) is 25.5. The fourth-order valence-electron chi connectivity index (χ4n) is 3.25. The van der Waals surface area contributed by atoms with Crippen molar-refractivity contribution >= 4 is 11.6 Å². The van der Waals surface area contributed by atoms with E-state index in [1.165, 1.54) is 4.68 Å². The van der Waals surface area contributed by atoms with Crippen LogP contribution < -0.4 is 15.6 Å². The van der Waals surface area contributed by atoms with Crippen LogP contribution in [0.4, 0.5) is 5.69 Å². The molecule has 4 rings (SSSR count). The Labute approximate surface area is 174 Å². The van der Waals surface area contributed by atoms with E-state index in [2.05, 4.69) is 5.32 Å². The van der Waals surface area contributed by atoms with E-state index in [9.17, 15) is 9.59 Å². The third-order valence-electron chi connectivity index (χ3n) is 4.90. The number of rotatable bonds is 5. The van der Waals surface area contributed by atoms with Crippen LogP contribution >= 0.6 is 0 Å². The van der Waals surface area contributed by atoms with E-state index in [4.69, 9.17) is 4.74 Å². The molecule has 0 aliphatic rings. The lowest BCUT2D eigenvalue weighted by Gasteiger charge is -2.11. The van der Waals surface area contributed by atoms with Gasteiger partial charge in [0, 0.05) is 7.05 Å². The maximum atomic E-state index is 13.0. The summed E-state index contributed by atoms with van der Waals surface area (Å²) < 4.78 is 9.12. The molecule has 0 atom stereocenters. The number of carbonyl (C=O) groups excluding carboxylic acids is 1. The number of aromatic nitrogens is 2. The van der Waals surface area contributed by atoms with Gasteiger partial charge in [0.15, 0.2) is 0 Å². The Kier molecular flexibility index (Phi) is 5.22. The van der Waals surface area contributed by atoms with Gasteiger partial charge >= 0.3 is 0 Å². The molecule has 1 N–H and O–H groups in total. The van der Waals surface area contributed by atoms with Gasteiger partial charge in [0.2, 0.25) is 0 Å². The Morgan fingerprint density at radius 2 is 1.47 bits per heavy atom. The second-order valence-corrected chi connectivity index (χ2v) is 6.80. The molecule has 150 valence electrons. The summed E-state index contributed by atoms with van der Waals surface area (Å²) in [4.78, 5) is 26.1. The summed E-state index contributed by atoms with van der Waals surface area (Å²) in [5, 5.41) is 2.78. The van der Waals surface area contributed by atoms with E-state index in [-0.39, 0.29) is 11.2 Å². The van der Waals surface area contributed by atoms with Gasteiger partial charge in [-0.2, -0.15) is 0 Å². The maximum absolute atomic E-state index is 13.0. The predicted octanol–water partition coefficient (Wildman–Crippen LogP) is 4.53. The molecule has 3 aromatic carbocycles. The van der Waals surface area contributed by atoms with Crippen molar-refractivity contribution in [3.63, 3.8) is 0 Å². The SMILES string of the molecule is Cc1c(NC(=O)c2ccccc2Oc2ccccc2)c(=O)n(-c2ccccc2)n1C. The molecule has 0 spiro atoms. The first-order chi connectivity index (χ1) is 14.6. The molecule has 1 amide bonds. The number of hydrogen-bond acceptors (Lipinski definition) is 3. The number of hydrogen-bond donors (Lipinski definition) is 1. The molecule has 0 saturated heterocycles. The molecule has 0 unspecified atom stereocenters. The van der Waals surface area contributed by atoms with Gasteiger partial charge in [-0.15, -0.1) is 0 Å². The monoisotopic (exact) mass is 399 g/mol. The van der Waals surface area contributed by atoms with Crippen molar-refractivity contribution in [1.29, 1.82) is 0 Å². The van der Waals surface area contributed by atoms with Crippen LogP contribution in [0.2, 0.25) is 0 Å². The highest BCUT2D eigenvalue weighted by Gasteiger charge is 2.20. The van der Waals surface area contributed by atoms with Crippen LogP contribution in [0.15, 0.2) is 89.7 Å². The first-order valence-corrected chi connectivity index (χ1v) is 9.53. The number of para-hydroxylation sites is 3. The minimum atomic E-state index is -0.410. The molecule has 4 aromatic rings. The van der Waals surface area contributed by atoms with Gasteiger partial charge in [-0.25, -0.2) is 4.68 Å². The number of benzene rings is 3. The van der Waals surface area contributed by atoms with E-state index in [1.54, 1.807) is 42.9 Å². The minimum absolute atomic E-state index is 0.237.